The minimum Gasteiger partial charge on any atom is -0.456 e. The van der Waals surface area contributed by atoms with Gasteiger partial charge in [-0.3, -0.25) is 0 Å². The molecule has 14 rings (SSSR count). The molecule has 0 radical (unpaired) electrons. The molecular weight excluding hydrogens is 775 g/mol. The van der Waals surface area contributed by atoms with Crippen LogP contribution in [0.4, 0.5) is 17.1 Å². The van der Waals surface area contributed by atoms with Crippen LogP contribution in [0.3, 0.4) is 0 Å². The molecule has 0 unspecified atom stereocenters. The van der Waals surface area contributed by atoms with Crippen molar-refractivity contribution in [2.24, 2.45) is 0 Å². The molecule has 1 spiro atoms. The lowest BCUT2D eigenvalue weighted by molar-refractivity contribution is 0.660. The van der Waals surface area contributed by atoms with E-state index in [4.69, 9.17) is 4.42 Å². The maximum atomic E-state index is 7.01. The zero-order valence-corrected chi connectivity index (χ0v) is 35.6. The molecule has 1 heterocycles. The molecule has 10 aromatic carbocycles. The maximum Gasteiger partial charge on any atom is 0.137 e. The molecule has 0 fully saturated rings. The summed E-state index contributed by atoms with van der Waals surface area (Å²) in [6.07, 6.45) is 0. The standard InChI is InChI=1S/C62H41NO/c1-61(2)48-26-12-8-21-41(48)44-35-34-39(36-53(44)61)63(55-32-17-33-56-60(55)59-45-24-7-6-20-40(45)47(37-57(59)64-56)38-18-4-3-5-19-38)54-31-16-30-52-58(54)46-25-11-15-29-51(46)62(52)49-27-13-9-22-42(49)43-23-10-14-28-50(43)62/h3-37H,1-2H3. The van der Waals surface area contributed by atoms with Crippen molar-refractivity contribution in [1.82, 2.24) is 0 Å². The maximum absolute atomic E-state index is 7.01. The van der Waals surface area contributed by atoms with E-state index in [0.29, 0.717) is 0 Å². The number of nitrogens with zero attached hydrogens (tertiary/aromatic N) is 1. The molecule has 1 aromatic heterocycles. The van der Waals surface area contributed by atoms with Gasteiger partial charge in [-0.25, -0.2) is 0 Å². The molecular formula is C62H41NO. The Morgan fingerprint density at radius 1 is 0.359 bits per heavy atom. The molecule has 2 heteroatoms. The van der Waals surface area contributed by atoms with Crippen LogP contribution < -0.4 is 4.90 Å². The smallest absolute Gasteiger partial charge is 0.137 e. The second-order valence-corrected chi connectivity index (χ2v) is 18.3. The highest BCUT2D eigenvalue weighted by atomic mass is 16.3. The molecule has 0 N–H and O–H groups in total. The van der Waals surface area contributed by atoms with Crippen LogP contribution in [-0.4, -0.2) is 0 Å². The summed E-state index contributed by atoms with van der Waals surface area (Å²) >= 11 is 0. The molecule has 2 nitrogen and oxygen atoms in total. The Morgan fingerprint density at radius 3 is 1.64 bits per heavy atom. The third kappa shape index (κ3) is 4.49. The Labute approximate surface area is 372 Å². The highest BCUT2D eigenvalue weighted by Gasteiger charge is 2.52. The zero-order valence-electron chi connectivity index (χ0n) is 35.6. The van der Waals surface area contributed by atoms with Gasteiger partial charge in [-0.1, -0.05) is 190 Å². The van der Waals surface area contributed by atoms with Crippen LogP contribution in [-0.2, 0) is 10.8 Å². The molecule has 0 saturated heterocycles. The first kappa shape index (κ1) is 35.6. The highest BCUT2D eigenvalue weighted by molar-refractivity contribution is 6.26. The van der Waals surface area contributed by atoms with Gasteiger partial charge in [0, 0.05) is 22.1 Å². The summed E-state index contributed by atoms with van der Waals surface area (Å²) in [5, 5.41) is 4.61. The molecule has 0 amide bonds. The van der Waals surface area contributed by atoms with E-state index in [2.05, 4.69) is 231 Å². The summed E-state index contributed by atoms with van der Waals surface area (Å²) in [6.45, 7) is 4.75. The summed E-state index contributed by atoms with van der Waals surface area (Å²) in [5.41, 5.74) is 22.6. The fourth-order valence-electron chi connectivity index (χ4n) is 12.3. The summed E-state index contributed by atoms with van der Waals surface area (Å²) < 4.78 is 7.01. The fraction of sp³-hybridized carbons (Fsp3) is 0.0645. The number of anilines is 3. The van der Waals surface area contributed by atoms with Crippen molar-refractivity contribution < 1.29 is 4.42 Å². The largest absolute Gasteiger partial charge is 0.456 e. The number of hydrogen-bond acceptors (Lipinski definition) is 2. The first-order chi connectivity index (χ1) is 31.5. The van der Waals surface area contributed by atoms with Crippen LogP contribution in [0.1, 0.15) is 47.2 Å². The van der Waals surface area contributed by atoms with Gasteiger partial charge in [-0.15, -0.1) is 0 Å². The van der Waals surface area contributed by atoms with Crippen LogP contribution >= 0.6 is 0 Å². The van der Waals surface area contributed by atoms with E-state index in [-0.39, 0.29) is 5.41 Å². The minimum absolute atomic E-state index is 0.182. The Morgan fingerprint density at radius 2 is 0.906 bits per heavy atom. The van der Waals surface area contributed by atoms with Gasteiger partial charge in [-0.2, -0.15) is 0 Å². The molecule has 3 aliphatic carbocycles. The van der Waals surface area contributed by atoms with Gasteiger partial charge in [0.2, 0.25) is 0 Å². The lowest BCUT2D eigenvalue weighted by Crippen LogP contribution is -2.26. The van der Waals surface area contributed by atoms with Crippen LogP contribution in [0.2, 0.25) is 0 Å². The van der Waals surface area contributed by atoms with Crippen molar-refractivity contribution >= 4 is 49.8 Å². The average Bonchev–Trinajstić information content (AvgIpc) is 4.04. The van der Waals surface area contributed by atoms with Crippen molar-refractivity contribution in [1.29, 1.82) is 0 Å². The predicted molar refractivity (Wildman–Crippen MR) is 265 cm³/mol. The van der Waals surface area contributed by atoms with E-state index >= 15 is 0 Å². The third-order valence-electron chi connectivity index (χ3n) is 14.9. The van der Waals surface area contributed by atoms with Crippen molar-refractivity contribution in [3.05, 3.63) is 246 Å². The molecule has 64 heavy (non-hydrogen) atoms. The summed E-state index contributed by atoms with van der Waals surface area (Å²) in [4.78, 5) is 2.55. The number of furan rings is 1. The van der Waals surface area contributed by atoms with E-state index in [9.17, 15) is 0 Å². The van der Waals surface area contributed by atoms with Gasteiger partial charge in [-0.05, 0) is 119 Å². The van der Waals surface area contributed by atoms with Crippen molar-refractivity contribution in [2.45, 2.75) is 24.7 Å². The molecule has 0 saturated carbocycles. The second kappa shape index (κ2) is 12.8. The van der Waals surface area contributed by atoms with Crippen molar-refractivity contribution in [2.75, 3.05) is 4.90 Å². The Balaban J connectivity index is 1.10. The Hall–Kier alpha value is -7.94. The SMILES string of the molecule is CC1(C)c2ccccc2-c2ccc(N(c3cccc4c3-c3ccccc3C43c4ccccc4-c4ccccc43)c3cccc4oc5cc(-c6ccccc6)c6ccccc6c5c34)cc21. The van der Waals surface area contributed by atoms with E-state index in [1.807, 2.05) is 0 Å². The molecule has 3 aliphatic rings. The summed E-state index contributed by atoms with van der Waals surface area (Å²) in [6, 6.07) is 78.8. The van der Waals surface area contributed by atoms with Crippen LogP contribution in [0, 0.1) is 0 Å². The first-order valence-corrected chi connectivity index (χ1v) is 22.4. The zero-order chi connectivity index (χ0) is 42.3. The number of benzene rings is 10. The van der Waals surface area contributed by atoms with Gasteiger partial charge >= 0.3 is 0 Å². The predicted octanol–water partition coefficient (Wildman–Crippen LogP) is 16.5. The van der Waals surface area contributed by atoms with Gasteiger partial charge < -0.3 is 9.32 Å². The minimum atomic E-state index is -0.471. The molecule has 0 aliphatic heterocycles. The first-order valence-electron chi connectivity index (χ1n) is 22.4. The van der Waals surface area contributed by atoms with Crippen molar-refractivity contribution in [3.63, 3.8) is 0 Å². The van der Waals surface area contributed by atoms with E-state index < -0.39 is 5.41 Å². The van der Waals surface area contributed by atoms with E-state index in [1.54, 1.807) is 0 Å². The Bertz CT molecular complexity index is 3730. The van der Waals surface area contributed by atoms with Gasteiger partial charge in [0.05, 0.1) is 22.2 Å². The van der Waals surface area contributed by atoms with E-state index in [0.717, 1.165) is 39.0 Å². The molecule has 11 aromatic rings. The third-order valence-corrected chi connectivity index (χ3v) is 14.9. The summed E-state index contributed by atoms with van der Waals surface area (Å²) in [7, 11) is 0. The molecule has 0 atom stereocenters. The second-order valence-electron chi connectivity index (χ2n) is 18.3. The number of rotatable bonds is 4. The van der Waals surface area contributed by atoms with Gasteiger partial charge in [0.1, 0.15) is 11.2 Å². The fourth-order valence-corrected chi connectivity index (χ4v) is 12.3. The number of hydrogen-bond donors (Lipinski definition) is 0. The molecule has 300 valence electrons. The van der Waals surface area contributed by atoms with Crippen LogP contribution in [0.25, 0.3) is 77.2 Å². The summed E-state index contributed by atoms with van der Waals surface area (Å²) in [5.74, 6) is 0. The quantitative estimate of drug-likeness (QED) is 0.176. The van der Waals surface area contributed by atoms with Gasteiger partial charge in [0.25, 0.3) is 0 Å². The van der Waals surface area contributed by atoms with Crippen LogP contribution in [0.5, 0.6) is 0 Å². The number of fused-ring (bicyclic) bond motifs is 18. The lowest BCUT2D eigenvalue weighted by atomic mass is 9.70. The Kier molecular flexibility index (Phi) is 7.13. The topological polar surface area (TPSA) is 16.4 Å². The molecule has 0 bridgehead atoms. The monoisotopic (exact) mass is 815 g/mol. The highest BCUT2D eigenvalue weighted by Crippen LogP contribution is 2.65. The van der Waals surface area contributed by atoms with Crippen LogP contribution in [0.15, 0.2) is 217 Å². The normalized spacial score (nSPS) is 14.3. The van der Waals surface area contributed by atoms with Crippen molar-refractivity contribution in [3.8, 4) is 44.5 Å². The van der Waals surface area contributed by atoms with Gasteiger partial charge in [0.15, 0.2) is 0 Å². The lowest BCUT2D eigenvalue weighted by Gasteiger charge is -2.32. The van der Waals surface area contributed by atoms with E-state index in [1.165, 1.54) is 88.7 Å². The average molecular weight is 816 g/mol.